The number of aromatic hydroxyl groups is 1. The molecule has 1 aromatic carbocycles. The van der Waals surface area contributed by atoms with Gasteiger partial charge >= 0.3 is 0 Å². The molecule has 0 heterocycles. The lowest BCUT2D eigenvalue weighted by molar-refractivity contribution is 0.174. The Balaban J connectivity index is 2.85. The molecule has 20 heavy (non-hydrogen) atoms. The summed E-state index contributed by atoms with van der Waals surface area (Å²) in [5.74, 6) is 0.763. The molecule has 1 rings (SSSR count). The van der Waals surface area contributed by atoms with Crippen molar-refractivity contribution in [3.63, 3.8) is 0 Å². The van der Waals surface area contributed by atoms with Gasteiger partial charge in [-0.2, -0.15) is 0 Å². The van der Waals surface area contributed by atoms with E-state index in [2.05, 4.69) is 25.7 Å². The maximum atomic E-state index is 10.2. The molecule has 3 N–H and O–H groups in total. The van der Waals surface area contributed by atoms with Crippen molar-refractivity contribution in [3.05, 3.63) is 23.8 Å². The number of hydrogen-bond donors (Lipinski definition) is 2. The molecule has 0 radical (unpaired) electrons. The van der Waals surface area contributed by atoms with Crippen molar-refractivity contribution in [3.8, 4) is 11.5 Å². The van der Waals surface area contributed by atoms with Crippen LogP contribution >= 0.6 is 0 Å². The van der Waals surface area contributed by atoms with E-state index in [1.807, 2.05) is 12.1 Å². The van der Waals surface area contributed by atoms with Gasteiger partial charge in [0.2, 0.25) is 0 Å². The summed E-state index contributed by atoms with van der Waals surface area (Å²) in [4.78, 5) is 2.33. The van der Waals surface area contributed by atoms with Crippen LogP contribution in [0.4, 0.5) is 0 Å². The SMILES string of the molecule is CCCN(Cc1cccc(OC)c1O)CC(C)(C)CN. The molecule has 0 unspecified atom stereocenters. The quantitative estimate of drug-likeness (QED) is 0.768. The first-order chi connectivity index (χ1) is 9.43. The molecule has 0 aliphatic heterocycles. The summed E-state index contributed by atoms with van der Waals surface area (Å²) in [7, 11) is 1.57. The van der Waals surface area contributed by atoms with Crippen molar-refractivity contribution in [2.45, 2.75) is 33.7 Å². The maximum absolute atomic E-state index is 10.2. The number of hydrogen-bond acceptors (Lipinski definition) is 4. The maximum Gasteiger partial charge on any atom is 0.162 e. The van der Waals surface area contributed by atoms with E-state index >= 15 is 0 Å². The molecular formula is C16H28N2O2. The first kappa shape index (κ1) is 16.8. The highest BCUT2D eigenvalue weighted by molar-refractivity contribution is 5.45. The van der Waals surface area contributed by atoms with Crippen LogP contribution in [0.1, 0.15) is 32.8 Å². The zero-order valence-electron chi connectivity index (χ0n) is 13.1. The van der Waals surface area contributed by atoms with Crippen molar-refractivity contribution in [2.75, 3.05) is 26.7 Å². The summed E-state index contributed by atoms with van der Waals surface area (Å²) in [5, 5.41) is 10.2. The lowest BCUT2D eigenvalue weighted by Gasteiger charge is -2.32. The highest BCUT2D eigenvalue weighted by Crippen LogP contribution is 2.30. The fraction of sp³-hybridized carbons (Fsp3) is 0.625. The Morgan fingerprint density at radius 3 is 2.60 bits per heavy atom. The smallest absolute Gasteiger partial charge is 0.162 e. The first-order valence-electron chi connectivity index (χ1n) is 7.20. The van der Waals surface area contributed by atoms with E-state index in [4.69, 9.17) is 10.5 Å². The van der Waals surface area contributed by atoms with Crippen LogP contribution in [0.25, 0.3) is 0 Å². The van der Waals surface area contributed by atoms with Crippen LogP contribution in [-0.4, -0.2) is 36.8 Å². The molecule has 1 aromatic rings. The third kappa shape index (κ3) is 4.69. The molecule has 4 heteroatoms. The van der Waals surface area contributed by atoms with Gasteiger partial charge in [0, 0.05) is 18.7 Å². The van der Waals surface area contributed by atoms with Crippen molar-refractivity contribution in [1.82, 2.24) is 4.90 Å². The van der Waals surface area contributed by atoms with Crippen molar-refractivity contribution in [2.24, 2.45) is 11.1 Å². The van der Waals surface area contributed by atoms with Crippen molar-refractivity contribution >= 4 is 0 Å². The topological polar surface area (TPSA) is 58.7 Å². The van der Waals surface area contributed by atoms with Crippen molar-refractivity contribution in [1.29, 1.82) is 0 Å². The van der Waals surface area contributed by atoms with E-state index in [1.165, 1.54) is 0 Å². The highest BCUT2D eigenvalue weighted by Gasteiger charge is 2.21. The number of para-hydroxylation sites is 1. The van der Waals surface area contributed by atoms with Gasteiger partial charge in [-0.1, -0.05) is 32.9 Å². The largest absolute Gasteiger partial charge is 0.504 e. The third-order valence-corrected chi connectivity index (χ3v) is 3.44. The predicted molar refractivity (Wildman–Crippen MR) is 83.1 cm³/mol. The number of rotatable bonds is 8. The zero-order chi connectivity index (χ0) is 15.2. The average Bonchev–Trinajstić information content (AvgIpc) is 2.41. The standard InChI is InChI=1S/C16H28N2O2/c1-5-9-18(12-16(2,3)11-17)10-13-7-6-8-14(20-4)15(13)19/h6-8,19H,5,9-12,17H2,1-4H3. The van der Waals surface area contributed by atoms with Crippen LogP contribution in [0.15, 0.2) is 18.2 Å². The van der Waals surface area contributed by atoms with Gasteiger partial charge in [0.1, 0.15) is 0 Å². The number of nitrogens with two attached hydrogens (primary N) is 1. The van der Waals surface area contributed by atoms with Gasteiger partial charge in [0.05, 0.1) is 7.11 Å². The predicted octanol–water partition coefficient (Wildman–Crippen LogP) is 2.60. The molecule has 0 amide bonds. The molecule has 0 spiro atoms. The summed E-state index contributed by atoms with van der Waals surface area (Å²) in [6.07, 6.45) is 1.07. The van der Waals surface area contributed by atoms with Crippen LogP contribution in [0.5, 0.6) is 11.5 Å². The lowest BCUT2D eigenvalue weighted by Crippen LogP contribution is -2.38. The molecule has 0 atom stereocenters. The Hall–Kier alpha value is -1.26. The van der Waals surface area contributed by atoms with Gasteiger partial charge in [-0.3, -0.25) is 4.90 Å². The molecule has 0 aromatic heterocycles. The molecular weight excluding hydrogens is 252 g/mol. The van der Waals surface area contributed by atoms with Crippen LogP contribution in [-0.2, 0) is 6.54 Å². The third-order valence-electron chi connectivity index (χ3n) is 3.44. The van der Waals surface area contributed by atoms with Crippen LogP contribution in [0.3, 0.4) is 0 Å². The van der Waals surface area contributed by atoms with E-state index in [-0.39, 0.29) is 11.2 Å². The van der Waals surface area contributed by atoms with Crippen molar-refractivity contribution < 1.29 is 9.84 Å². The van der Waals surface area contributed by atoms with Gasteiger partial charge in [0.15, 0.2) is 11.5 Å². The molecule has 114 valence electrons. The zero-order valence-corrected chi connectivity index (χ0v) is 13.1. The Labute approximate surface area is 122 Å². The molecule has 0 saturated heterocycles. The summed E-state index contributed by atoms with van der Waals surface area (Å²) in [6, 6.07) is 5.62. The number of phenolic OH excluding ortho intramolecular Hbond substituents is 1. The Morgan fingerprint density at radius 2 is 2.05 bits per heavy atom. The number of phenols is 1. The second-order valence-electron chi connectivity index (χ2n) is 6.05. The summed E-state index contributed by atoms with van der Waals surface area (Å²) in [6.45, 7) is 9.75. The van der Waals surface area contributed by atoms with Crippen LogP contribution in [0, 0.1) is 5.41 Å². The fourth-order valence-corrected chi connectivity index (χ4v) is 2.30. The van der Waals surface area contributed by atoms with Crippen LogP contribution in [0.2, 0.25) is 0 Å². The average molecular weight is 280 g/mol. The van der Waals surface area contributed by atoms with E-state index in [1.54, 1.807) is 13.2 Å². The Kier molecular flexibility index (Phi) is 6.30. The number of methoxy groups -OCH3 is 1. The summed E-state index contributed by atoms with van der Waals surface area (Å²) >= 11 is 0. The molecule has 0 bridgehead atoms. The van der Waals surface area contributed by atoms with Crippen LogP contribution < -0.4 is 10.5 Å². The first-order valence-corrected chi connectivity index (χ1v) is 7.20. The minimum atomic E-state index is 0.0731. The normalized spacial score (nSPS) is 11.9. The highest BCUT2D eigenvalue weighted by atomic mass is 16.5. The van der Waals surface area contributed by atoms with Gasteiger partial charge < -0.3 is 15.6 Å². The van der Waals surface area contributed by atoms with Gasteiger partial charge in [0.25, 0.3) is 0 Å². The van der Waals surface area contributed by atoms with Gasteiger partial charge in [-0.05, 0) is 31.0 Å². The molecule has 4 nitrogen and oxygen atoms in total. The second-order valence-corrected chi connectivity index (χ2v) is 6.05. The van der Waals surface area contributed by atoms with Gasteiger partial charge in [-0.25, -0.2) is 0 Å². The summed E-state index contributed by atoms with van der Waals surface area (Å²) < 4.78 is 5.16. The monoisotopic (exact) mass is 280 g/mol. The minimum Gasteiger partial charge on any atom is -0.504 e. The molecule has 0 fully saturated rings. The van der Waals surface area contributed by atoms with E-state index in [0.717, 1.165) is 25.1 Å². The van der Waals surface area contributed by atoms with E-state index in [0.29, 0.717) is 18.8 Å². The number of nitrogens with zero attached hydrogens (tertiary/aromatic N) is 1. The van der Waals surface area contributed by atoms with E-state index in [9.17, 15) is 5.11 Å². The molecule has 0 saturated carbocycles. The Bertz CT molecular complexity index is 419. The minimum absolute atomic E-state index is 0.0731. The number of benzene rings is 1. The fourth-order valence-electron chi connectivity index (χ4n) is 2.30. The number of ether oxygens (including phenoxy) is 1. The lowest BCUT2D eigenvalue weighted by atomic mass is 9.92. The second kappa shape index (κ2) is 7.50. The van der Waals surface area contributed by atoms with Gasteiger partial charge in [-0.15, -0.1) is 0 Å². The molecule has 0 aliphatic rings. The van der Waals surface area contributed by atoms with E-state index < -0.39 is 0 Å². The molecule has 0 aliphatic carbocycles. The summed E-state index contributed by atoms with van der Waals surface area (Å²) in [5.41, 5.74) is 6.79. The Morgan fingerprint density at radius 1 is 1.35 bits per heavy atom.